The van der Waals surface area contributed by atoms with E-state index in [0.717, 1.165) is 42.3 Å². The summed E-state index contributed by atoms with van der Waals surface area (Å²) in [5.74, 6) is 0.106. The molecule has 0 aliphatic heterocycles. The number of benzene rings is 2. The lowest BCUT2D eigenvalue weighted by Crippen LogP contribution is -2.11. The van der Waals surface area contributed by atoms with Gasteiger partial charge in [0.2, 0.25) is 5.91 Å². The third-order valence-corrected chi connectivity index (χ3v) is 4.59. The Balaban J connectivity index is 2.40. The molecule has 0 radical (unpaired) electrons. The van der Waals surface area contributed by atoms with Crippen LogP contribution in [0.2, 0.25) is 0 Å². The molecule has 2 heteroatoms. The van der Waals surface area contributed by atoms with E-state index < -0.39 is 0 Å². The van der Waals surface area contributed by atoms with Gasteiger partial charge in [-0.25, -0.2) is 0 Å². The molecular weight excluding hydrogens is 294 g/mol. The van der Waals surface area contributed by atoms with Gasteiger partial charge >= 0.3 is 0 Å². The molecule has 2 aromatic carbocycles. The van der Waals surface area contributed by atoms with Crippen molar-refractivity contribution in [2.45, 2.75) is 46.5 Å². The van der Waals surface area contributed by atoms with Crippen molar-refractivity contribution in [1.82, 2.24) is 4.57 Å². The van der Waals surface area contributed by atoms with E-state index >= 15 is 0 Å². The molecule has 0 saturated carbocycles. The first-order valence-corrected chi connectivity index (χ1v) is 8.90. The second-order valence-corrected chi connectivity index (χ2v) is 6.35. The SMILES string of the molecule is CCCc1c(CCC)n(C(C)=O)c2c(-c3ccccc3)cccc12. The normalized spacial score (nSPS) is 11.1. The smallest absolute Gasteiger partial charge is 0.228 e. The fraction of sp³-hybridized carbons (Fsp3) is 0.318. The average molecular weight is 319 g/mol. The number of aryl methyl sites for hydroxylation is 1. The molecule has 2 nitrogen and oxygen atoms in total. The van der Waals surface area contributed by atoms with Crippen molar-refractivity contribution in [3.05, 3.63) is 59.8 Å². The first-order valence-electron chi connectivity index (χ1n) is 8.90. The van der Waals surface area contributed by atoms with E-state index in [4.69, 9.17) is 0 Å². The van der Waals surface area contributed by atoms with Crippen LogP contribution in [0.5, 0.6) is 0 Å². The lowest BCUT2D eigenvalue weighted by Gasteiger charge is -2.10. The van der Waals surface area contributed by atoms with Crippen LogP contribution in [-0.4, -0.2) is 10.5 Å². The summed E-state index contributed by atoms with van der Waals surface area (Å²) in [4.78, 5) is 12.5. The van der Waals surface area contributed by atoms with Gasteiger partial charge in [-0.1, -0.05) is 75.2 Å². The highest BCUT2D eigenvalue weighted by Crippen LogP contribution is 2.35. The lowest BCUT2D eigenvalue weighted by atomic mass is 9.99. The summed E-state index contributed by atoms with van der Waals surface area (Å²) in [5.41, 5.74) is 5.92. The van der Waals surface area contributed by atoms with Crippen molar-refractivity contribution in [3.8, 4) is 11.1 Å². The first kappa shape index (κ1) is 16.5. The van der Waals surface area contributed by atoms with Crippen molar-refractivity contribution < 1.29 is 4.79 Å². The molecule has 1 heterocycles. The summed E-state index contributed by atoms with van der Waals surface area (Å²) >= 11 is 0. The Labute approximate surface area is 144 Å². The monoisotopic (exact) mass is 319 g/mol. The molecule has 0 aliphatic carbocycles. The molecule has 24 heavy (non-hydrogen) atoms. The highest BCUT2D eigenvalue weighted by atomic mass is 16.1. The number of para-hydroxylation sites is 1. The zero-order valence-electron chi connectivity index (χ0n) is 14.8. The molecule has 124 valence electrons. The molecule has 0 bridgehead atoms. The summed E-state index contributed by atoms with van der Waals surface area (Å²) in [6, 6.07) is 16.8. The zero-order chi connectivity index (χ0) is 17.1. The second-order valence-electron chi connectivity index (χ2n) is 6.35. The van der Waals surface area contributed by atoms with Gasteiger partial charge < -0.3 is 0 Å². The maximum absolute atomic E-state index is 12.5. The van der Waals surface area contributed by atoms with Crippen LogP contribution in [0, 0.1) is 0 Å². The quantitative estimate of drug-likeness (QED) is 0.576. The third-order valence-electron chi connectivity index (χ3n) is 4.59. The Morgan fingerprint density at radius 2 is 1.62 bits per heavy atom. The van der Waals surface area contributed by atoms with Gasteiger partial charge in [0.25, 0.3) is 0 Å². The van der Waals surface area contributed by atoms with Crippen LogP contribution in [0.25, 0.3) is 22.0 Å². The maximum Gasteiger partial charge on any atom is 0.228 e. The van der Waals surface area contributed by atoms with Gasteiger partial charge in [0.15, 0.2) is 0 Å². The van der Waals surface area contributed by atoms with Gasteiger partial charge in [0.1, 0.15) is 0 Å². The van der Waals surface area contributed by atoms with Crippen LogP contribution in [0.1, 0.15) is 49.7 Å². The van der Waals surface area contributed by atoms with E-state index in [-0.39, 0.29) is 5.91 Å². The minimum atomic E-state index is 0.106. The number of fused-ring (bicyclic) bond motifs is 1. The molecule has 0 fully saturated rings. The number of hydrogen-bond acceptors (Lipinski definition) is 1. The molecule has 0 amide bonds. The van der Waals surface area contributed by atoms with Gasteiger partial charge in [-0.05, 0) is 24.0 Å². The van der Waals surface area contributed by atoms with Crippen LogP contribution in [0.4, 0.5) is 0 Å². The van der Waals surface area contributed by atoms with Crippen LogP contribution in [0.3, 0.4) is 0 Å². The fourth-order valence-electron chi connectivity index (χ4n) is 3.68. The molecule has 1 aromatic heterocycles. The standard InChI is InChI=1S/C22H25NO/c1-4-10-19-20-15-9-14-18(17-12-7-6-8-13-17)22(20)23(16(3)24)21(19)11-5-2/h6-9,12-15H,4-5,10-11H2,1-3H3. The molecule has 0 aliphatic rings. The predicted molar refractivity (Wildman–Crippen MR) is 102 cm³/mol. The van der Waals surface area contributed by atoms with Gasteiger partial charge in [-0.15, -0.1) is 0 Å². The van der Waals surface area contributed by atoms with E-state index in [1.807, 2.05) is 10.6 Å². The maximum atomic E-state index is 12.5. The van der Waals surface area contributed by atoms with E-state index in [1.54, 1.807) is 6.92 Å². The molecule has 0 saturated heterocycles. The number of nitrogens with zero attached hydrogens (tertiary/aromatic N) is 1. The van der Waals surface area contributed by atoms with Crippen molar-refractivity contribution in [2.24, 2.45) is 0 Å². The van der Waals surface area contributed by atoms with Crippen molar-refractivity contribution in [1.29, 1.82) is 0 Å². The summed E-state index contributed by atoms with van der Waals surface area (Å²) < 4.78 is 1.96. The molecule has 0 unspecified atom stereocenters. The fourth-order valence-corrected chi connectivity index (χ4v) is 3.68. The Hall–Kier alpha value is -2.35. The second kappa shape index (κ2) is 7.04. The number of rotatable bonds is 5. The number of aromatic nitrogens is 1. The average Bonchev–Trinajstić information content (AvgIpc) is 2.90. The van der Waals surface area contributed by atoms with Gasteiger partial charge in [0.05, 0.1) is 5.52 Å². The summed E-state index contributed by atoms with van der Waals surface area (Å²) in [5, 5.41) is 1.23. The van der Waals surface area contributed by atoms with Crippen molar-refractivity contribution >= 4 is 16.8 Å². The zero-order valence-corrected chi connectivity index (χ0v) is 14.8. The van der Waals surface area contributed by atoms with Crippen LogP contribution < -0.4 is 0 Å². The molecule has 0 N–H and O–H groups in total. The lowest BCUT2D eigenvalue weighted by molar-refractivity contribution is 0.0938. The molecular formula is C22H25NO. The number of carbonyl (C=O) groups excluding carboxylic acids is 1. The predicted octanol–water partition coefficient (Wildman–Crippen LogP) is 5.87. The summed E-state index contributed by atoms with van der Waals surface area (Å²) in [6.45, 7) is 6.06. The first-order chi connectivity index (χ1) is 11.7. The Morgan fingerprint density at radius 3 is 2.25 bits per heavy atom. The van der Waals surface area contributed by atoms with E-state index in [9.17, 15) is 4.79 Å². The van der Waals surface area contributed by atoms with Gasteiger partial charge in [-0.3, -0.25) is 9.36 Å². The largest absolute Gasteiger partial charge is 0.284 e. The summed E-state index contributed by atoms with van der Waals surface area (Å²) in [7, 11) is 0. The molecule has 0 spiro atoms. The molecule has 3 rings (SSSR count). The summed E-state index contributed by atoms with van der Waals surface area (Å²) in [6.07, 6.45) is 4.09. The Bertz CT molecular complexity index is 859. The van der Waals surface area contributed by atoms with E-state index in [1.165, 1.54) is 16.6 Å². The van der Waals surface area contributed by atoms with Gasteiger partial charge in [-0.2, -0.15) is 0 Å². The van der Waals surface area contributed by atoms with E-state index in [2.05, 4.69) is 56.3 Å². The number of carbonyl (C=O) groups is 1. The Kier molecular flexibility index (Phi) is 4.84. The van der Waals surface area contributed by atoms with Crippen LogP contribution in [-0.2, 0) is 12.8 Å². The van der Waals surface area contributed by atoms with Crippen LogP contribution in [0.15, 0.2) is 48.5 Å². The van der Waals surface area contributed by atoms with E-state index in [0.29, 0.717) is 0 Å². The minimum Gasteiger partial charge on any atom is -0.284 e. The van der Waals surface area contributed by atoms with Crippen LogP contribution >= 0.6 is 0 Å². The topological polar surface area (TPSA) is 22.0 Å². The van der Waals surface area contributed by atoms with Crippen molar-refractivity contribution in [3.63, 3.8) is 0 Å². The third kappa shape index (κ3) is 2.77. The molecule has 0 atom stereocenters. The Morgan fingerprint density at radius 1 is 0.917 bits per heavy atom. The number of hydrogen-bond donors (Lipinski definition) is 0. The minimum absolute atomic E-state index is 0.106. The highest BCUT2D eigenvalue weighted by molar-refractivity contribution is 6.03. The van der Waals surface area contributed by atoms with Gasteiger partial charge in [0, 0.05) is 23.6 Å². The highest BCUT2D eigenvalue weighted by Gasteiger charge is 2.21. The molecule has 3 aromatic rings. The van der Waals surface area contributed by atoms with Crippen molar-refractivity contribution in [2.75, 3.05) is 0 Å².